The molecule has 0 bridgehead atoms. The lowest BCUT2D eigenvalue weighted by molar-refractivity contribution is 0.0515. The van der Waals surface area contributed by atoms with Gasteiger partial charge in [-0.05, 0) is 65.0 Å². The fraction of sp³-hybridized carbons (Fsp3) is 0.417. The molecular formula is C24H32N2O5. The minimum absolute atomic E-state index is 0.00445. The molecule has 2 rings (SSSR count). The lowest BCUT2D eigenvalue weighted by Gasteiger charge is -2.23. The number of aliphatic hydroxyl groups excluding tert-OH is 1. The molecule has 7 heteroatoms. The molecule has 0 saturated heterocycles. The fourth-order valence-corrected chi connectivity index (χ4v) is 2.76. The maximum atomic E-state index is 12.5. The molecule has 2 aromatic rings. The quantitative estimate of drug-likeness (QED) is 0.529. The van der Waals surface area contributed by atoms with Gasteiger partial charge in [0.2, 0.25) is 0 Å². The predicted molar refractivity (Wildman–Crippen MR) is 121 cm³/mol. The topological polar surface area (TPSA) is 96.9 Å². The van der Waals surface area contributed by atoms with Crippen molar-refractivity contribution in [1.29, 1.82) is 0 Å². The molecule has 31 heavy (non-hydrogen) atoms. The van der Waals surface area contributed by atoms with Crippen LogP contribution in [0.15, 0.2) is 42.5 Å². The number of hydrogen-bond acceptors (Lipinski definition) is 6. The molecular weight excluding hydrogens is 396 g/mol. The van der Waals surface area contributed by atoms with Gasteiger partial charge in [0.25, 0.3) is 5.91 Å². The molecule has 0 aliphatic rings. The van der Waals surface area contributed by atoms with Crippen molar-refractivity contribution in [1.82, 2.24) is 5.32 Å². The average molecular weight is 429 g/mol. The molecule has 0 heterocycles. The summed E-state index contributed by atoms with van der Waals surface area (Å²) < 4.78 is 10.8. The van der Waals surface area contributed by atoms with Gasteiger partial charge in [-0.15, -0.1) is 0 Å². The number of aliphatic hydroxyl groups is 1. The summed E-state index contributed by atoms with van der Waals surface area (Å²) in [6.45, 7) is 10.2. The first kappa shape index (κ1) is 24.4. The smallest absolute Gasteiger partial charge is 0.341 e. The Balaban J connectivity index is 2.14. The van der Waals surface area contributed by atoms with Gasteiger partial charge in [0.15, 0.2) is 0 Å². The van der Waals surface area contributed by atoms with Gasteiger partial charge in [-0.1, -0.05) is 17.7 Å². The number of β-amino-alcohol motifs (C(OH)–C–C–N with tert-alkyl or cyclic N) is 1. The van der Waals surface area contributed by atoms with Crippen molar-refractivity contribution in [2.75, 3.05) is 25.1 Å². The number of esters is 1. The van der Waals surface area contributed by atoms with E-state index in [0.29, 0.717) is 17.8 Å². The third kappa shape index (κ3) is 8.03. The Morgan fingerprint density at radius 1 is 1.13 bits per heavy atom. The Labute approximate surface area is 183 Å². The van der Waals surface area contributed by atoms with Crippen molar-refractivity contribution >= 4 is 17.6 Å². The SMILES string of the molecule is CCOC(=O)c1cc(NC(=O)c2cccc(C)c2)ccc1OCC(O)CNC(C)(C)C. The van der Waals surface area contributed by atoms with Gasteiger partial charge >= 0.3 is 5.97 Å². The molecule has 0 aliphatic heterocycles. The van der Waals surface area contributed by atoms with Crippen LogP contribution >= 0.6 is 0 Å². The van der Waals surface area contributed by atoms with Crippen molar-refractivity contribution < 1.29 is 24.2 Å². The van der Waals surface area contributed by atoms with Gasteiger partial charge < -0.3 is 25.2 Å². The summed E-state index contributed by atoms with van der Waals surface area (Å²) in [6.07, 6.45) is -0.755. The molecule has 0 spiro atoms. The minimum atomic E-state index is -0.755. The van der Waals surface area contributed by atoms with E-state index in [1.54, 1.807) is 31.2 Å². The van der Waals surface area contributed by atoms with Crippen LogP contribution < -0.4 is 15.4 Å². The van der Waals surface area contributed by atoms with Crippen molar-refractivity contribution in [2.45, 2.75) is 46.3 Å². The highest BCUT2D eigenvalue weighted by Crippen LogP contribution is 2.25. The molecule has 7 nitrogen and oxygen atoms in total. The van der Waals surface area contributed by atoms with Crippen LogP contribution in [-0.4, -0.2) is 48.4 Å². The summed E-state index contributed by atoms with van der Waals surface area (Å²) in [7, 11) is 0. The summed E-state index contributed by atoms with van der Waals surface area (Å²) in [5.41, 5.74) is 1.99. The molecule has 0 aliphatic carbocycles. The maximum absolute atomic E-state index is 12.5. The van der Waals surface area contributed by atoms with Crippen molar-refractivity contribution in [3.8, 4) is 5.75 Å². The second kappa shape index (κ2) is 10.9. The molecule has 0 radical (unpaired) electrons. The summed E-state index contributed by atoms with van der Waals surface area (Å²) in [6, 6.07) is 12.0. The molecule has 3 N–H and O–H groups in total. The standard InChI is InChI=1S/C24H32N2O5/c1-6-30-23(29)20-13-18(26-22(28)17-9-7-8-16(2)12-17)10-11-21(20)31-15-19(27)14-25-24(3,4)5/h7-13,19,25,27H,6,14-15H2,1-5H3,(H,26,28). The number of benzene rings is 2. The maximum Gasteiger partial charge on any atom is 0.341 e. The van der Waals surface area contributed by atoms with E-state index in [9.17, 15) is 14.7 Å². The first-order chi connectivity index (χ1) is 14.6. The van der Waals surface area contributed by atoms with Crippen molar-refractivity contribution in [3.63, 3.8) is 0 Å². The van der Waals surface area contributed by atoms with Crippen LogP contribution in [0.1, 0.15) is 54.0 Å². The highest BCUT2D eigenvalue weighted by molar-refractivity contribution is 6.05. The number of aryl methyl sites for hydroxylation is 1. The van der Waals surface area contributed by atoms with Gasteiger partial charge in [0, 0.05) is 23.3 Å². The van der Waals surface area contributed by atoms with Gasteiger partial charge in [-0.2, -0.15) is 0 Å². The summed E-state index contributed by atoms with van der Waals surface area (Å²) in [4.78, 5) is 25.0. The third-order valence-corrected chi connectivity index (χ3v) is 4.31. The normalized spacial score (nSPS) is 12.2. The molecule has 0 fully saturated rings. The van der Waals surface area contributed by atoms with E-state index in [1.807, 2.05) is 39.8 Å². The second-order valence-corrected chi connectivity index (χ2v) is 8.35. The van der Waals surface area contributed by atoms with Crippen LogP contribution in [0.25, 0.3) is 0 Å². The van der Waals surface area contributed by atoms with E-state index in [2.05, 4.69) is 10.6 Å². The van der Waals surface area contributed by atoms with Gasteiger partial charge in [-0.25, -0.2) is 4.79 Å². The lowest BCUT2D eigenvalue weighted by Crippen LogP contribution is -2.42. The van der Waals surface area contributed by atoms with Gasteiger partial charge in [0.05, 0.1) is 6.61 Å². The molecule has 1 atom stereocenters. The van der Waals surface area contributed by atoms with Crippen LogP contribution in [-0.2, 0) is 4.74 Å². The van der Waals surface area contributed by atoms with Crippen molar-refractivity contribution in [2.24, 2.45) is 0 Å². The summed E-state index contributed by atoms with van der Waals surface area (Å²) in [5, 5.41) is 16.2. The number of carbonyl (C=O) groups is 2. The monoisotopic (exact) mass is 428 g/mol. The summed E-state index contributed by atoms with van der Waals surface area (Å²) >= 11 is 0. The van der Waals surface area contributed by atoms with E-state index in [4.69, 9.17) is 9.47 Å². The van der Waals surface area contributed by atoms with Gasteiger partial charge in [-0.3, -0.25) is 4.79 Å². The Hall–Kier alpha value is -2.90. The average Bonchev–Trinajstić information content (AvgIpc) is 2.70. The molecule has 168 valence electrons. The molecule has 2 aromatic carbocycles. The Morgan fingerprint density at radius 3 is 2.52 bits per heavy atom. The van der Waals surface area contributed by atoms with Crippen LogP contribution in [0.5, 0.6) is 5.75 Å². The molecule has 0 saturated carbocycles. The number of ether oxygens (including phenoxy) is 2. The molecule has 1 amide bonds. The minimum Gasteiger partial charge on any atom is -0.490 e. The lowest BCUT2D eigenvalue weighted by atomic mass is 10.1. The largest absolute Gasteiger partial charge is 0.490 e. The zero-order valence-electron chi connectivity index (χ0n) is 18.8. The first-order valence-electron chi connectivity index (χ1n) is 10.3. The zero-order chi connectivity index (χ0) is 23.0. The zero-order valence-corrected chi connectivity index (χ0v) is 18.8. The molecule has 1 unspecified atom stereocenters. The summed E-state index contributed by atoms with van der Waals surface area (Å²) in [5.74, 6) is -0.566. The van der Waals surface area contributed by atoms with Crippen LogP contribution in [0, 0.1) is 6.92 Å². The fourth-order valence-electron chi connectivity index (χ4n) is 2.76. The van der Waals surface area contributed by atoms with E-state index >= 15 is 0 Å². The number of nitrogens with one attached hydrogen (secondary N) is 2. The number of amides is 1. The predicted octanol–water partition coefficient (Wildman–Crippen LogP) is 3.55. The van der Waals surface area contributed by atoms with Crippen LogP contribution in [0.2, 0.25) is 0 Å². The Bertz CT molecular complexity index is 905. The number of rotatable bonds is 9. The van der Waals surface area contributed by atoms with E-state index < -0.39 is 12.1 Å². The highest BCUT2D eigenvalue weighted by Gasteiger charge is 2.18. The Kier molecular flexibility index (Phi) is 8.59. The van der Waals surface area contributed by atoms with Gasteiger partial charge in [0.1, 0.15) is 24.0 Å². The first-order valence-corrected chi connectivity index (χ1v) is 10.3. The Morgan fingerprint density at radius 2 is 1.87 bits per heavy atom. The van der Waals surface area contributed by atoms with Crippen LogP contribution in [0.3, 0.4) is 0 Å². The van der Waals surface area contributed by atoms with Crippen molar-refractivity contribution in [3.05, 3.63) is 59.2 Å². The third-order valence-electron chi connectivity index (χ3n) is 4.31. The highest BCUT2D eigenvalue weighted by atomic mass is 16.5. The number of anilines is 1. The van der Waals surface area contributed by atoms with Crippen LogP contribution in [0.4, 0.5) is 5.69 Å². The van der Waals surface area contributed by atoms with E-state index in [0.717, 1.165) is 5.56 Å². The van der Waals surface area contributed by atoms with E-state index in [1.165, 1.54) is 6.07 Å². The number of carbonyl (C=O) groups excluding carboxylic acids is 2. The number of hydrogen-bond donors (Lipinski definition) is 3. The molecule has 0 aromatic heterocycles. The van der Waals surface area contributed by atoms with E-state index in [-0.39, 0.29) is 36.0 Å². The second-order valence-electron chi connectivity index (χ2n) is 8.35.